The molecule has 0 spiro atoms. The molecule has 2 rings (SSSR count). The molecule has 0 saturated carbocycles. The molecule has 0 aromatic rings. The Kier molecular flexibility index (Phi) is 3.99. The largest absolute Gasteiger partial charge is 0.497 e. The van der Waals surface area contributed by atoms with Gasteiger partial charge < -0.3 is 9.47 Å². The van der Waals surface area contributed by atoms with Crippen LogP contribution in [0, 0.1) is 23.2 Å². The molecular weight excluding hydrogens is 252 g/mol. The number of allylic oxidation sites excluding steroid dienone is 3. The molecule has 1 fully saturated rings. The van der Waals surface area contributed by atoms with Crippen molar-refractivity contribution in [3.8, 4) is 0 Å². The monoisotopic (exact) mass is 278 g/mol. The number of carbonyl (C=O) groups excluding carboxylic acids is 1. The van der Waals surface area contributed by atoms with Crippen LogP contribution in [-0.2, 0) is 14.3 Å². The van der Waals surface area contributed by atoms with Crippen LogP contribution in [0.4, 0.5) is 0 Å². The second kappa shape index (κ2) is 5.27. The van der Waals surface area contributed by atoms with E-state index in [0.29, 0.717) is 31.0 Å². The van der Waals surface area contributed by atoms with Crippen LogP contribution in [-0.4, -0.2) is 19.2 Å². The molecule has 1 saturated heterocycles. The summed E-state index contributed by atoms with van der Waals surface area (Å²) in [6, 6.07) is 0. The van der Waals surface area contributed by atoms with E-state index in [-0.39, 0.29) is 11.4 Å². The molecule has 2 aliphatic rings. The van der Waals surface area contributed by atoms with E-state index in [1.54, 1.807) is 0 Å². The van der Waals surface area contributed by atoms with E-state index in [9.17, 15) is 4.79 Å². The molecule has 1 heterocycles. The summed E-state index contributed by atoms with van der Waals surface area (Å²) in [7, 11) is 0. The molecule has 0 radical (unpaired) electrons. The maximum atomic E-state index is 11.2. The molecule has 4 atom stereocenters. The topological polar surface area (TPSA) is 35.5 Å². The summed E-state index contributed by atoms with van der Waals surface area (Å²) in [6.45, 7) is 13.4. The third kappa shape index (κ3) is 2.27. The molecular formula is C17H26O3. The first kappa shape index (κ1) is 15.1. The fraction of sp³-hybridized carbons (Fsp3) is 0.706. The van der Waals surface area contributed by atoms with Gasteiger partial charge in [-0.2, -0.15) is 0 Å². The first-order valence-corrected chi connectivity index (χ1v) is 7.41. The first-order valence-electron chi connectivity index (χ1n) is 7.41. The molecule has 2 bridgehead atoms. The van der Waals surface area contributed by atoms with E-state index in [2.05, 4.69) is 40.7 Å². The van der Waals surface area contributed by atoms with Crippen molar-refractivity contribution in [1.82, 2.24) is 0 Å². The summed E-state index contributed by atoms with van der Waals surface area (Å²) in [5.41, 5.74) is 2.51. The smallest absolute Gasteiger partial charge is 0.302 e. The van der Waals surface area contributed by atoms with Crippen LogP contribution in [0.15, 0.2) is 23.0 Å². The number of carbonyl (C=O) groups is 1. The van der Waals surface area contributed by atoms with Crippen LogP contribution in [0.1, 0.15) is 41.5 Å². The number of rotatable bonds is 2. The van der Waals surface area contributed by atoms with Gasteiger partial charge in [-0.25, -0.2) is 0 Å². The van der Waals surface area contributed by atoms with Gasteiger partial charge in [-0.05, 0) is 38.2 Å². The van der Waals surface area contributed by atoms with Crippen molar-refractivity contribution in [2.45, 2.75) is 41.5 Å². The predicted octanol–water partition coefficient (Wildman–Crippen LogP) is 3.71. The standard InChI is InChI=1S/C17H26O3/c1-10(2)16-15-11(3)7-12(4)17(9-20-16,13(15)5)8-19-14(6)18/h7,12-13,15H,8-9H2,1-6H3/t12-,13-,15-,17+/m1/s1. The Labute approximate surface area is 122 Å². The normalized spacial score (nSPS) is 36.0. The highest BCUT2D eigenvalue weighted by Gasteiger charge is 2.53. The maximum Gasteiger partial charge on any atom is 0.302 e. The van der Waals surface area contributed by atoms with Gasteiger partial charge in [0.2, 0.25) is 0 Å². The number of hydrogen-bond acceptors (Lipinski definition) is 3. The quantitative estimate of drug-likeness (QED) is 0.570. The van der Waals surface area contributed by atoms with Gasteiger partial charge >= 0.3 is 5.97 Å². The minimum atomic E-state index is -0.213. The molecule has 3 heteroatoms. The van der Waals surface area contributed by atoms with Crippen molar-refractivity contribution >= 4 is 5.97 Å². The molecule has 0 N–H and O–H groups in total. The highest BCUT2D eigenvalue weighted by atomic mass is 16.5. The summed E-state index contributed by atoms with van der Waals surface area (Å²) < 4.78 is 11.5. The minimum absolute atomic E-state index is 0.102. The van der Waals surface area contributed by atoms with E-state index in [1.165, 1.54) is 18.1 Å². The van der Waals surface area contributed by atoms with Gasteiger partial charge in [-0.3, -0.25) is 4.79 Å². The van der Waals surface area contributed by atoms with Gasteiger partial charge in [0.25, 0.3) is 0 Å². The second-order valence-corrected chi connectivity index (χ2v) is 6.63. The molecule has 0 aromatic heterocycles. The van der Waals surface area contributed by atoms with Crippen LogP contribution in [0.25, 0.3) is 0 Å². The number of ether oxygens (including phenoxy) is 2. The summed E-state index contributed by atoms with van der Waals surface area (Å²) in [4.78, 5) is 11.2. The van der Waals surface area contributed by atoms with Crippen molar-refractivity contribution in [2.24, 2.45) is 23.2 Å². The third-order valence-electron chi connectivity index (χ3n) is 5.13. The molecule has 0 unspecified atom stereocenters. The van der Waals surface area contributed by atoms with Gasteiger partial charge in [0, 0.05) is 18.3 Å². The van der Waals surface area contributed by atoms with Crippen LogP contribution in [0.5, 0.6) is 0 Å². The van der Waals surface area contributed by atoms with Crippen molar-refractivity contribution < 1.29 is 14.3 Å². The predicted molar refractivity (Wildman–Crippen MR) is 79.0 cm³/mol. The highest BCUT2D eigenvalue weighted by Crippen LogP contribution is 2.54. The van der Waals surface area contributed by atoms with Gasteiger partial charge in [0.15, 0.2) is 0 Å². The van der Waals surface area contributed by atoms with E-state index < -0.39 is 0 Å². The molecule has 20 heavy (non-hydrogen) atoms. The number of hydrogen-bond donors (Lipinski definition) is 0. The summed E-state index contributed by atoms with van der Waals surface area (Å²) in [5, 5.41) is 0. The minimum Gasteiger partial charge on any atom is -0.497 e. The zero-order valence-corrected chi connectivity index (χ0v) is 13.4. The van der Waals surface area contributed by atoms with E-state index >= 15 is 0 Å². The number of esters is 1. The Hall–Kier alpha value is -1.25. The average molecular weight is 278 g/mol. The van der Waals surface area contributed by atoms with Gasteiger partial charge in [-0.15, -0.1) is 0 Å². The first-order chi connectivity index (χ1) is 9.29. The molecule has 112 valence electrons. The molecule has 3 nitrogen and oxygen atoms in total. The summed E-state index contributed by atoms with van der Waals surface area (Å²) >= 11 is 0. The van der Waals surface area contributed by atoms with E-state index in [4.69, 9.17) is 9.47 Å². The molecule has 1 aliphatic heterocycles. The lowest BCUT2D eigenvalue weighted by molar-refractivity contribution is -0.155. The fourth-order valence-electron chi connectivity index (χ4n) is 3.80. The summed E-state index contributed by atoms with van der Waals surface area (Å²) in [6.07, 6.45) is 2.33. The Balaban J connectivity index is 2.41. The third-order valence-corrected chi connectivity index (χ3v) is 5.13. The lowest BCUT2D eigenvalue weighted by Crippen LogP contribution is -2.53. The van der Waals surface area contributed by atoms with Crippen molar-refractivity contribution in [2.75, 3.05) is 13.2 Å². The van der Waals surface area contributed by atoms with Crippen molar-refractivity contribution in [3.63, 3.8) is 0 Å². The maximum absolute atomic E-state index is 11.2. The van der Waals surface area contributed by atoms with Crippen LogP contribution >= 0.6 is 0 Å². The van der Waals surface area contributed by atoms with Gasteiger partial charge in [-0.1, -0.05) is 25.5 Å². The second-order valence-electron chi connectivity index (χ2n) is 6.63. The van der Waals surface area contributed by atoms with Crippen LogP contribution < -0.4 is 0 Å². The average Bonchev–Trinajstić information content (AvgIpc) is 2.34. The Morgan fingerprint density at radius 1 is 1.40 bits per heavy atom. The van der Waals surface area contributed by atoms with Crippen molar-refractivity contribution in [1.29, 1.82) is 0 Å². The van der Waals surface area contributed by atoms with Crippen LogP contribution in [0.2, 0.25) is 0 Å². The Morgan fingerprint density at radius 3 is 2.60 bits per heavy atom. The summed E-state index contributed by atoms with van der Waals surface area (Å²) in [5.74, 6) is 1.99. The zero-order valence-electron chi connectivity index (χ0n) is 13.4. The number of fused-ring (bicyclic) bond motifs is 2. The van der Waals surface area contributed by atoms with Gasteiger partial charge in [0.1, 0.15) is 12.4 Å². The van der Waals surface area contributed by atoms with E-state index in [0.717, 1.165) is 5.76 Å². The SMILES string of the molecule is CC(=O)OC[C@]12COC(=C(C)C)[C@H](C(C)=C[C@H]1C)[C@H]2C. The van der Waals surface area contributed by atoms with E-state index in [1.807, 2.05) is 0 Å². The molecule has 0 aromatic carbocycles. The Morgan fingerprint density at radius 2 is 2.05 bits per heavy atom. The van der Waals surface area contributed by atoms with Crippen LogP contribution in [0.3, 0.4) is 0 Å². The zero-order chi connectivity index (χ0) is 15.1. The molecule has 0 amide bonds. The van der Waals surface area contributed by atoms with Crippen molar-refractivity contribution in [3.05, 3.63) is 23.0 Å². The molecule has 1 aliphatic carbocycles. The fourth-order valence-corrected chi connectivity index (χ4v) is 3.80. The Bertz CT molecular complexity index is 471. The lowest BCUT2D eigenvalue weighted by Gasteiger charge is -2.53. The highest BCUT2D eigenvalue weighted by molar-refractivity contribution is 5.66. The lowest BCUT2D eigenvalue weighted by atomic mass is 9.57. The van der Waals surface area contributed by atoms with Gasteiger partial charge in [0.05, 0.1) is 6.61 Å².